The van der Waals surface area contributed by atoms with Gasteiger partial charge < -0.3 is 0 Å². The molecule has 1 atom stereocenters. The average Bonchev–Trinajstić information content (AvgIpc) is 2.67. The van der Waals surface area contributed by atoms with Crippen molar-refractivity contribution < 1.29 is 0 Å². The molecule has 0 aliphatic heterocycles. The van der Waals surface area contributed by atoms with E-state index in [2.05, 4.69) is 36.5 Å². The minimum Gasteiger partial charge on any atom is -0.299 e. The summed E-state index contributed by atoms with van der Waals surface area (Å²) in [5.41, 5.74) is 1.38. The highest BCUT2D eigenvalue weighted by atomic mass is 32.1. The molecular formula is C12H17NS. The van der Waals surface area contributed by atoms with Gasteiger partial charge >= 0.3 is 0 Å². The number of aryl methyl sites for hydroxylation is 1. The molecule has 0 spiro atoms. The zero-order valence-electron chi connectivity index (χ0n) is 8.84. The van der Waals surface area contributed by atoms with Crippen molar-refractivity contribution >= 4 is 11.3 Å². The van der Waals surface area contributed by atoms with E-state index in [1.165, 1.54) is 10.4 Å². The molecule has 0 bridgehead atoms. The Kier molecular flexibility index (Phi) is 4.72. The second kappa shape index (κ2) is 5.85. The molecule has 0 saturated carbocycles. The van der Waals surface area contributed by atoms with Gasteiger partial charge in [-0.1, -0.05) is 19.8 Å². The summed E-state index contributed by atoms with van der Waals surface area (Å²) in [4.78, 5) is 1.31. The monoisotopic (exact) mass is 207 g/mol. The van der Waals surface area contributed by atoms with Crippen LogP contribution >= 0.6 is 11.3 Å². The third-order valence-electron chi connectivity index (χ3n) is 2.19. The van der Waals surface area contributed by atoms with Gasteiger partial charge in [0.05, 0.1) is 0 Å². The lowest BCUT2D eigenvalue weighted by Gasteiger charge is -2.12. The normalized spacial score (nSPS) is 12.4. The lowest BCUT2D eigenvalue weighted by Crippen LogP contribution is -2.20. The minimum absolute atomic E-state index is 0.102. The Balaban J connectivity index is 2.74. The van der Waals surface area contributed by atoms with Crippen LogP contribution in [0.2, 0.25) is 0 Å². The Bertz CT molecular complexity index is 308. The fraction of sp³-hybridized carbons (Fsp3) is 0.500. The summed E-state index contributed by atoms with van der Waals surface area (Å²) in [5.74, 6) is 2.81. The summed E-state index contributed by atoms with van der Waals surface area (Å²) in [6.45, 7) is 5.30. The first-order chi connectivity index (χ1) is 6.83. The highest BCUT2D eigenvalue weighted by Gasteiger charge is 2.12. The van der Waals surface area contributed by atoms with Crippen molar-refractivity contribution in [2.75, 3.05) is 6.54 Å². The van der Waals surface area contributed by atoms with Crippen molar-refractivity contribution in [2.45, 2.75) is 32.7 Å². The molecular weight excluding hydrogens is 190 g/mol. The topological polar surface area (TPSA) is 12.0 Å². The molecule has 1 unspecified atom stereocenters. The first kappa shape index (κ1) is 11.3. The molecule has 1 aromatic heterocycles. The maximum absolute atomic E-state index is 5.52. The molecule has 1 heterocycles. The van der Waals surface area contributed by atoms with Gasteiger partial charge in [0.15, 0.2) is 0 Å². The van der Waals surface area contributed by atoms with E-state index >= 15 is 0 Å². The highest BCUT2D eigenvalue weighted by molar-refractivity contribution is 7.10. The van der Waals surface area contributed by atoms with Gasteiger partial charge in [0, 0.05) is 4.88 Å². The molecule has 2 heteroatoms. The van der Waals surface area contributed by atoms with E-state index < -0.39 is 0 Å². The largest absolute Gasteiger partial charge is 0.299 e. The molecule has 0 aliphatic rings. The molecule has 1 nitrogen and oxygen atoms in total. The molecule has 76 valence electrons. The number of rotatable bonds is 5. The number of thiophene rings is 1. The third-order valence-corrected chi connectivity index (χ3v) is 3.21. The van der Waals surface area contributed by atoms with E-state index in [9.17, 15) is 0 Å². The number of nitrogens with one attached hydrogen (secondary N) is 1. The van der Waals surface area contributed by atoms with Crippen molar-refractivity contribution in [3.63, 3.8) is 0 Å². The predicted octanol–water partition coefficient (Wildman–Crippen LogP) is 2.98. The Labute approximate surface area is 90.5 Å². The van der Waals surface area contributed by atoms with E-state index in [4.69, 9.17) is 6.42 Å². The van der Waals surface area contributed by atoms with E-state index in [1.54, 1.807) is 11.3 Å². The SMILES string of the molecule is C#CC(NCCC)c1sccc1CC. The van der Waals surface area contributed by atoms with Crippen molar-refractivity contribution in [3.05, 3.63) is 21.9 Å². The number of hydrogen-bond acceptors (Lipinski definition) is 2. The highest BCUT2D eigenvalue weighted by Crippen LogP contribution is 2.24. The van der Waals surface area contributed by atoms with Crippen LogP contribution in [-0.4, -0.2) is 6.54 Å². The molecule has 0 fully saturated rings. The van der Waals surface area contributed by atoms with Crippen LogP contribution in [0.5, 0.6) is 0 Å². The van der Waals surface area contributed by atoms with Gasteiger partial charge in [-0.15, -0.1) is 17.8 Å². The summed E-state index contributed by atoms with van der Waals surface area (Å²) in [6, 6.07) is 2.27. The van der Waals surface area contributed by atoms with Crippen molar-refractivity contribution in [2.24, 2.45) is 0 Å². The maximum Gasteiger partial charge on any atom is 0.104 e. The van der Waals surface area contributed by atoms with Gasteiger partial charge in [0.1, 0.15) is 6.04 Å². The first-order valence-electron chi connectivity index (χ1n) is 5.09. The molecule has 1 N–H and O–H groups in total. The molecule has 0 saturated heterocycles. The van der Waals surface area contributed by atoms with E-state index in [0.717, 1.165) is 19.4 Å². The molecule has 1 aromatic rings. The number of hydrogen-bond donors (Lipinski definition) is 1. The fourth-order valence-electron chi connectivity index (χ4n) is 1.41. The smallest absolute Gasteiger partial charge is 0.104 e. The van der Waals surface area contributed by atoms with Crippen LogP contribution in [0.3, 0.4) is 0 Å². The Morgan fingerprint density at radius 1 is 1.57 bits per heavy atom. The molecule has 0 amide bonds. The van der Waals surface area contributed by atoms with Gasteiger partial charge in [0.25, 0.3) is 0 Å². The molecule has 0 aliphatic carbocycles. The number of terminal acetylenes is 1. The zero-order chi connectivity index (χ0) is 10.4. The quantitative estimate of drug-likeness (QED) is 0.732. The molecule has 1 rings (SSSR count). The minimum atomic E-state index is 0.102. The van der Waals surface area contributed by atoms with Gasteiger partial charge in [0.2, 0.25) is 0 Å². The Morgan fingerprint density at radius 2 is 2.36 bits per heavy atom. The van der Waals surface area contributed by atoms with E-state index in [1.807, 2.05) is 0 Å². The van der Waals surface area contributed by atoms with Crippen molar-refractivity contribution in [3.8, 4) is 12.3 Å². The average molecular weight is 207 g/mol. The second-order valence-corrected chi connectivity index (χ2v) is 4.17. The van der Waals surface area contributed by atoms with Crippen LogP contribution in [-0.2, 0) is 6.42 Å². The standard InChI is InChI=1S/C12H17NS/c1-4-8-13-11(6-3)12-10(5-2)7-9-14-12/h3,7,9,11,13H,4-5,8H2,1-2H3. The van der Waals surface area contributed by atoms with Gasteiger partial charge in [-0.2, -0.15) is 0 Å². The van der Waals surface area contributed by atoms with Gasteiger partial charge in [-0.3, -0.25) is 5.32 Å². The van der Waals surface area contributed by atoms with Crippen LogP contribution in [0.15, 0.2) is 11.4 Å². The fourth-order valence-corrected chi connectivity index (χ4v) is 2.44. The molecule has 0 aromatic carbocycles. The molecule has 0 radical (unpaired) electrons. The van der Waals surface area contributed by atoms with E-state index in [0.29, 0.717) is 0 Å². The van der Waals surface area contributed by atoms with Crippen LogP contribution in [0.25, 0.3) is 0 Å². The van der Waals surface area contributed by atoms with Crippen LogP contribution in [0.4, 0.5) is 0 Å². The lowest BCUT2D eigenvalue weighted by molar-refractivity contribution is 0.630. The summed E-state index contributed by atoms with van der Waals surface area (Å²) >= 11 is 1.75. The Hall–Kier alpha value is -0.780. The van der Waals surface area contributed by atoms with Crippen LogP contribution in [0.1, 0.15) is 36.8 Å². The summed E-state index contributed by atoms with van der Waals surface area (Å²) < 4.78 is 0. The van der Waals surface area contributed by atoms with Crippen molar-refractivity contribution in [1.82, 2.24) is 5.32 Å². The van der Waals surface area contributed by atoms with Crippen molar-refractivity contribution in [1.29, 1.82) is 0 Å². The molecule has 14 heavy (non-hydrogen) atoms. The third kappa shape index (κ3) is 2.60. The predicted molar refractivity (Wildman–Crippen MR) is 63.6 cm³/mol. The summed E-state index contributed by atoms with van der Waals surface area (Å²) in [6.07, 6.45) is 7.70. The van der Waals surface area contributed by atoms with Gasteiger partial charge in [-0.05, 0) is 36.4 Å². The summed E-state index contributed by atoms with van der Waals surface area (Å²) in [5, 5.41) is 5.49. The first-order valence-corrected chi connectivity index (χ1v) is 5.97. The Morgan fingerprint density at radius 3 is 2.93 bits per heavy atom. The summed E-state index contributed by atoms with van der Waals surface area (Å²) in [7, 11) is 0. The van der Waals surface area contributed by atoms with Crippen LogP contribution < -0.4 is 5.32 Å². The lowest BCUT2D eigenvalue weighted by atomic mass is 10.1. The second-order valence-electron chi connectivity index (χ2n) is 3.22. The van der Waals surface area contributed by atoms with E-state index in [-0.39, 0.29) is 6.04 Å². The van der Waals surface area contributed by atoms with Gasteiger partial charge in [-0.25, -0.2) is 0 Å². The maximum atomic E-state index is 5.52. The zero-order valence-corrected chi connectivity index (χ0v) is 9.66. The van der Waals surface area contributed by atoms with Crippen LogP contribution in [0, 0.1) is 12.3 Å².